The number of aromatic nitrogens is 2. The fourth-order valence-corrected chi connectivity index (χ4v) is 1.98. The number of fused-ring (bicyclic) bond motifs is 1. The number of nitrogens with one attached hydrogen (secondary N) is 2. The average molecular weight is 286 g/mol. The van der Waals surface area contributed by atoms with Gasteiger partial charge in [0.05, 0.1) is 22.1 Å². The number of amides is 1. The summed E-state index contributed by atoms with van der Waals surface area (Å²) in [6.07, 6.45) is 1.41. The third-order valence-electron chi connectivity index (χ3n) is 3.06. The molecule has 0 aliphatic heterocycles. The standard InChI is InChI=1S/C13H10N4O4/c1-7-4-5-21-11(7)13(18)14-12-9-6-8(17(19)20)2-3-10(9)15-16-12/h2-6H,1H3,(H2,14,15,16,18). The zero-order valence-electron chi connectivity index (χ0n) is 10.9. The first kappa shape index (κ1) is 12.9. The summed E-state index contributed by atoms with van der Waals surface area (Å²) in [5.41, 5.74) is 1.21. The van der Waals surface area contributed by atoms with E-state index in [0.29, 0.717) is 16.5 Å². The number of nitrogens with zero attached hydrogens (tertiary/aromatic N) is 2. The third kappa shape index (κ3) is 2.22. The van der Waals surface area contributed by atoms with E-state index in [1.54, 1.807) is 13.0 Å². The van der Waals surface area contributed by atoms with E-state index in [-0.39, 0.29) is 17.3 Å². The zero-order chi connectivity index (χ0) is 15.0. The molecule has 0 saturated carbocycles. The van der Waals surface area contributed by atoms with Gasteiger partial charge in [0, 0.05) is 17.7 Å². The monoisotopic (exact) mass is 286 g/mol. The largest absolute Gasteiger partial charge is 0.459 e. The molecule has 0 unspecified atom stereocenters. The van der Waals surface area contributed by atoms with Gasteiger partial charge in [0.1, 0.15) is 0 Å². The number of anilines is 1. The fraction of sp³-hybridized carbons (Fsp3) is 0.0769. The molecule has 2 aromatic heterocycles. The molecule has 0 aliphatic carbocycles. The second kappa shape index (κ2) is 4.75. The van der Waals surface area contributed by atoms with Gasteiger partial charge in [0.25, 0.3) is 11.6 Å². The lowest BCUT2D eigenvalue weighted by molar-refractivity contribution is -0.384. The molecule has 0 aliphatic rings. The van der Waals surface area contributed by atoms with Gasteiger partial charge in [-0.15, -0.1) is 0 Å². The lowest BCUT2D eigenvalue weighted by atomic mass is 10.2. The quantitative estimate of drug-likeness (QED) is 0.567. The number of carbonyl (C=O) groups is 1. The summed E-state index contributed by atoms with van der Waals surface area (Å²) < 4.78 is 5.09. The Morgan fingerprint density at radius 2 is 2.24 bits per heavy atom. The van der Waals surface area contributed by atoms with Crippen molar-refractivity contribution in [1.29, 1.82) is 0 Å². The van der Waals surface area contributed by atoms with Crippen molar-refractivity contribution in [2.75, 3.05) is 5.32 Å². The Kier molecular flexibility index (Phi) is 2.90. The third-order valence-corrected chi connectivity index (χ3v) is 3.06. The number of non-ortho nitro benzene ring substituents is 1. The number of furan rings is 1. The molecule has 2 N–H and O–H groups in total. The highest BCUT2D eigenvalue weighted by Gasteiger charge is 2.17. The fourth-order valence-electron chi connectivity index (χ4n) is 1.98. The first-order valence-electron chi connectivity index (χ1n) is 6.04. The van der Waals surface area contributed by atoms with Gasteiger partial charge >= 0.3 is 0 Å². The lowest BCUT2D eigenvalue weighted by Gasteiger charge is -2.00. The van der Waals surface area contributed by atoms with Gasteiger partial charge in [-0.2, -0.15) is 5.10 Å². The molecule has 2 heterocycles. The highest BCUT2D eigenvalue weighted by Crippen LogP contribution is 2.25. The Hall–Kier alpha value is -3.16. The number of hydrogen-bond donors (Lipinski definition) is 2. The molecule has 0 saturated heterocycles. The van der Waals surface area contributed by atoms with Gasteiger partial charge < -0.3 is 9.73 Å². The molecule has 21 heavy (non-hydrogen) atoms. The van der Waals surface area contributed by atoms with Crippen LogP contribution in [0, 0.1) is 17.0 Å². The van der Waals surface area contributed by atoms with Crippen LogP contribution in [0.1, 0.15) is 16.1 Å². The van der Waals surface area contributed by atoms with Gasteiger partial charge in [-0.3, -0.25) is 20.0 Å². The van der Waals surface area contributed by atoms with Crippen molar-refractivity contribution < 1.29 is 14.1 Å². The van der Waals surface area contributed by atoms with Crippen molar-refractivity contribution in [3.63, 3.8) is 0 Å². The number of nitro benzene ring substituents is 1. The second-order valence-corrected chi connectivity index (χ2v) is 4.45. The van der Waals surface area contributed by atoms with Crippen LogP contribution < -0.4 is 5.32 Å². The number of aryl methyl sites for hydroxylation is 1. The minimum atomic E-state index is -0.505. The van der Waals surface area contributed by atoms with E-state index < -0.39 is 10.8 Å². The molecule has 0 spiro atoms. The highest BCUT2D eigenvalue weighted by atomic mass is 16.6. The average Bonchev–Trinajstić information content (AvgIpc) is 3.05. The van der Waals surface area contributed by atoms with Crippen molar-refractivity contribution in [3.8, 4) is 0 Å². The van der Waals surface area contributed by atoms with Crippen LogP contribution in [0.2, 0.25) is 0 Å². The van der Waals surface area contributed by atoms with Gasteiger partial charge in [-0.25, -0.2) is 0 Å². The van der Waals surface area contributed by atoms with E-state index in [1.807, 2.05) is 0 Å². The predicted molar refractivity (Wildman–Crippen MR) is 74.1 cm³/mol. The van der Waals surface area contributed by atoms with Crippen LogP contribution in [0.3, 0.4) is 0 Å². The molecule has 3 rings (SSSR count). The summed E-state index contributed by atoms with van der Waals surface area (Å²) in [7, 11) is 0. The molecule has 0 fully saturated rings. The van der Waals surface area contributed by atoms with Crippen LogP contribution in [0.5, 0.6) is 0 Å². The van der Waals surface area contributed by atoms with E-state index in [9.17, 15) is 14.9 Å². The van der Waals surface area contributed by atoms with Crippen LogP contribution in [-0.2, 0) is 0 Å². The van der Waals surface area contributed by atoms with Crippen LogP contribution in [-0.4, -0.2) is 21.0 Å². The van der Waals surface area contributed by atoms with Crippen molar-refractivity contribution >= 4 is 28.3 Å². The molecule has 1 amide bonds. The van der Waals surface area contributed by atoms with Gasteiger partial charge in [-0.1, -0.05) is 0 Å². The predicted octanol–water partition coefficient (Wildman–Crippen LogP) is 2.62. The maximum Gasteiger partial charge on any atom is 0.292 e. The van der Waals surface area contributed by atoms with Crippen molar-refractivity contribution in [3.05, 3.63) is 52.0 Å². The SMILES string of the molecule is Cc1ccoc1C(=O)Nc1n[nH]c2ccc([N+](=O)[O-])cc12. The number of nitro groups is 1. The van der Waals surface area contributed by atoms with Crippen LogP contribution in [0.4, 0.5) is 11.5 Å². The molecule has 1 aromatic carbocycles. The summed E-state index contributed by atoms with van der Waals surface area (Å²) in [6.45, 7) is 1.74. The van der Waals surface area contributed by atoms with Crippen LogP contribution >= 0.6 is 0 Å². The maximum absolute atomic E-state index is 12.1. The van der Waals surface area contributed by atoms with E-state index in [0.717, 1.165) is 0 Å². The molecule has 0 radical (unpaired) electrons. The summed E-state index contributed by atoms with van der Waals surface area (Å²) in [4.78, 5) is 22.4. The Morgan fingerprint density at radius 3 is 2.90 bits per heavy atom. The lowest BCUT2D eigenvalue weighted by Crippen LogP contribution is -2.12. The van der Waals surface area contributed by atoms with Gasteiger partial charge in [-0.05, 0) is 19.1 Å². The molecule has 0 bridgehead atoms. The van der Waals surface area contributed by atoms with Crippen molar-refractivity contribution in [2.24, 2.45) is 0 Å². The van der Waals surface area contributed by atoms with Crippen LogP contribution in [0.15, 0.2) is 34.9 Å². The summed E-state index contributed by atoms with van der Waals surface area (Å²) in [6, 6.07) is 5.92. The summed E-state index contributed by atoms with van der Waals surface area (Å²) in [5.74, 6) is -0.0662. The molecule has 8 heteroatoms. The van der Waals surface area contributed by atoms with E-state index in [2.05, 4.69) is 15.5 Å². The van der Waals surface area contributed by atoms with Gasteiger partial charge in [0.15, 0.2) is 11.6 Å². The number of benzene rings is 1. The Morgan fingerprint density at radius 1 is 1.43 bits per heavy atom. The summed E-state index contributed by atoms with van der Waals surface area (Å²) in [5, 5.41) is 20.5. The number of H-pyrrole nitrogens is 1. The molecule has 106 valence electrons. The normalized spacial score (nSPS) is 10.7. The topological polar surface area (TPSA) is 114 Å². The minimum absolute atomic E-state index is 0.0754. The van der Waals surface area contributed by atoms with E-state index in [1.165, 1.54) is 24.5 Å². The number of rotatable bonds is 3. The molecular formula is C13H10N4O4. The number of carbonyl (C=O) groups excluding carboxylic acids is 1. The molecule has 3 aromatic rings. The first-order valence-corrected chi connectivity index (χ1v) is 6.04. The number of hydrogen-bond acceptors (Lipinski definition) is 5. The first-order chi connectivity index (χ1) is 10.1. The Balaban J connectivity index is 1.97. The smallest absolute Gasteiger partial charge is 0.292 e. The van der Waals surface area contributed by atoms with Gasteiger partial charge in [0.2, 0.25) is 0 Å². The Bertz CT molecular complexity index is 849. The Labute approximate surface area is 117 Å². The minimum Gasteiger partial charge on any atom is -0.459 e. The highest BCUT2D eigenvalue weighted by molar-refractivity contribution is 6.07. The van der Waals surface area contributed by atoms with E-state index in [4.69, 9.17) is 4.42 Å². The number of aromatic amines is 1. The zero-order valence-corrected chi connectivity index (χ0v) is 10.9. The van der Waals surface area contributed by atoms with Crippen LogP contribution in [0.25, 0.3) is 10.9 Å². The maximum atomic E-state index is 12.1. The second-order valence-electron chi connectivity index (χ2n) is 4.45. The molecule has 8 nitrogen and oxygen atoms in total. The van der Waals surface area contributed by atoms with Crippen molar-refractivity contribution in [1.82, 2.24) is 10.2 Å². The van der Waals surface area contributed by atoms with E-state index >= 15 is 0 Å². The molecular weight excluding hydrogens is 276 g/mol. The van der Waals surface area contributed by atoms with Crippen molar-refractivity contribution in [2.45, 2.75) is 6.92 Å². The summed E-state index contributed by atoms with van der Waals surface area (Å²) >= 11 is 0. The molecule has 0 atom stereocenters.